The first-order valence-corrected chi connectivity index (χ1v) is 7.06. The van der Waals surface area contributed by atoms with Gasteiger partial charge in [-0.3, -0.25) is 4.68 Å². The number of benzene rings is 1. The smallest absolute Gasteiger partial charge is 0.0866 e. The molecule has 1 heterocycles. The van der Waals surface area contributed by atoms with Crippen molar-refractivity contribution in [1.82, 2.24) is 9.78 Å². The fourth-order valence-corrected chi connectivity index (χ4v) is 3.10. The number of rotatable bonds is 3. The third kappa shape index (κ3) is 2.63. The van der Waals surface area contributed by atoms with Crippen LogP contribution in [0.4, 0.5) is 0 Å². The van der Waals surface area contributed by atoms with E-state index in [2.05, 4.69) is 38.0 Å². The van der Waals surface area contributed by atoms with Gasteiger partial charge in [0.15, 0.2) is 0 Å². The van der Waals surface area contributed by atoms with Crippen molar-refractivity contribution in [2.75, 3.05) is 0 Å². The molecule has 0 amide bonds. The average Bonchev–Trinajstić information content (AvgIpc) is 2.58. The van der Waals surface area contributed by atoms with Crippen LogP contribution in [0.1, 0.15) is 45.3 Å². The minimum atomic E-state index is -0.496. The summed E-state index contributed by atoms with van der Waals surface area (Å²) in [5.41, 5.74) is 7.93. The lowest BCUT2D eigenvalue weighted by atomic mass is 9.92. The molecule has 20 heavy (non-hydrogen) atoms. The van der Waals surface area contributed by atoms with E-state index in [1.807, 2.05) is 25.6 Å². The van der Waals surface area contributed by atoms with E-state index in [4.69, 9.17) is 0 Å². The molecule has 0 saturated heterocycles. The first kappa shape index (κ1) is 14.8. The van der Waals surface area contributed by atoms with Crippen LogP contribution < -0.4 is 0 Å². The van der Waals surface area contributed by atoms with Crippen LogP contribution in [0.15, 0.2) is 12.1 Å². The van der Waals surface area contributed by atoms with Crippen molar-refractivity contribution in [1.29, 1.82) is 0 Å². The van der Waals surface area contributed by atoms with Crippen LogP contribution in [0.3, 0.4) is 0 Å². The van der Waals surface area contributed by atoms with Gasteiger partial charge < -0.3 is 5.11 Å². The van der Waals surface area contributed by atoms with Crippen molar-refractivity contribution in [3.8, 4) is 0 Å². The third-order valence-electron chi connectivity index (χ3n) is 4.14. The van der Waals surface area contributed by atoms with E-state index in [9.17, 15) is 5.11 Å². The van der Waals surface area contributed by atoms with E-state index >= 15 is 0 Å². The van der Waals surface area contributed by atoms with Crippen LogP contribution >= 0.6 is 0 Å². The van der Waals surface area contributed by atoms with Crippen LogP contribution in [-0.2, 0) is 13.5 Å². The van der Waals surface area contributed by atoms with E-state index in [0.29, 0.717) is 6.42 Å². The Hall–Kier alpha value is -1.61. The predicted octanol–water partition coefficient (Wildman–Crippen LogP) is 3.24. The molecule has 1 unspecified atom stereocenters. The summed E-state index contributed by atoms with van der Waals surface area (Å²) in [4.78, 5) is 0. The summed E-state index contributed by atoms with van der Waals surface area (Å²) in [6.45, 7) is 10.3. The summed E-state index contributed by atoms with van der Waals surface area (Å²) >= 11 is 0. The van der Waals surface area contributed by atoms with Crippen molar-refractivity contribution in [2.45, 2.75) is 47.1 Å². The van der Waals surface area contributed by atoms with Gasteiger partial charge in [0.1, 0.15) is 0 Å². The second kappa shape index (κ2) is 5.41. The van der Waals surface area contributed by atoms with Crippen molar-refractivity contribution in [2.24, 2.45) is 7.05 Å². The summed E-state index contributed by atoms with van der Waals surface area (Å²) < 4.78 is 1.84. The minimum Gasteiger partial charge on any atom is -0.388 e. The first-order valence-electron chi connectivity index (χ1n) is 7.06. The van der Waals surface area contributed by atoms with E-state index in [1.54, 1.807) is 0 Å². The lowest BCUT2D eigenvalue weighted by Gasteiger charge is -2.16. The molecular formula is C17H24N2O. The molecule has 0 bridgehead atoms. The molecular weight excluding hydrogens is 248 g/mol. The van der Waals surface area contributed by atoms with Crippen LogP contribution in [0, 0.1) is 34.6 Å². The number of nitrogens with zero attached hydrogens (tertiary/aromatic N) is 2. The molecule has 0 spiro atoms. The molecule has 3 nitrogen and oxygen atoms in total. The van der Waals surface area contributed by atoms with E-state index in [0.717, 1.165) is 17.0 Å². The highest BCUT2D eigenvalue weighted by atomic mass is 16.3. The molecule has 0 saturated carbocycles. The number of aromatic nitrogens is 2. The minimum absolute atomic E-state index is 0.496. The van der Waals surface area contributed by atoms with Crippen LogP contribution in [-0.4, -0.2) is 14.9 Å². The normalized spacial score (nSPS) is 12.8. The zero-order valence-corrected chi connectivity index (χ0v) is 13.3. The third-order valence-corrected chi connectivity index (χ3v) is 4.14. The average molecular weight is 272 g/mol. The highest BCUT2D eigenvalue weighted by Crippen LogP contribution is 2.27. The Morgan fingerprint density at radius 3 is 2.10 bits per heavy atom. The topological polar surface area (TPSA) is 38.1 Å². The molecule has 1 atom stereocenters. The van der Waals surface area contributed by atoms with Gasteiger partial charge in [0.25, 0.3) is 0 Å². The standard InChI is InChI=1S/C17H24N2O/c1-10-7-11(2)15(12(3)8-10)9-16(20)17-13(4)18-19(6)14(17)5/h7-8,16,20H,9H2,1-6H3. The van der Waals surface area contributed by atoms with Gasteiger partial charge in [-0.25, -0.2) is 0 Å². The summed E-state index contributed by atoms with van der Waals surface area (Å²) in [6.07, 6.45) is 0.148. The molecule has 0 aliphatic heterocycles. The first-order chi connectivity index (χ1) is 9.31. The zero-order valence-electron chi connectivity index (χ0n) is 13.3. The van der Waals surface area contributed by atoms with Gasteiger partial charge in [-0.1, -0.05) is 17.7 Å². The van der Waals surface area contributed by atoms with E-state index in [1.165, 1.54) is 22.3 Å². The maximum absolute atomic E-state index is 10.6. The number of aryl methyl sites for hydroxylation is 5. The highest BCUT2D eigenvalue weighted by Gasteiger charge is 2.19. The molecule has 0 radical (unpaired) electrons. The summed E-state index contributed by atoms with van der Waals surface area (Å²) in [6, 6.07) is 4.36. The maximum Gasteiger partial charge on any atom is 0.0866 e. The van der Waals surface area contributed by atoms with Gasteiger partial charge in [-0.2, -0.15) is 5.10 Å². The molecule has 1 aromatic carbocycles. The van der Waals surface area contributed by atoms with Crippen molar-refractivity contribution in [3.63, 3.8) is 0 Å². The zero-order chi connectivity index (χ0) is 15.0. The molecule has 1 N–H and O–H groups in total. The van der Waals surface area contributed by atoms with Crippen molar-refractivity contribution >= 4 is 0 Å². The fourth-order valence-electron chi connectivity index (χ4n) is 3.10. The number of hydrogen-bond donors (Lipinski definition) is 1. The molecule has 3 heteroatoms. The molecule has 1 aromatic heterocycles. The molecule has 0 aliphatic carbocycles. The van der Waals surface area contributed by atoms with Crippen LogP contribution in [0.2, 0.25) is 0 Å². The molecule has 2 rings (SSSR count). The maximum atomic E-state index is 10.6. The Balaban J connectivity index is 2.35. The van der Waals surface area contributed by atoms with E-state index in [-0.39, 0.29) is 0 Å². The second-order valence-electron chi connectivity index (χ2n) is 5.81. The fraction of sp³-hybridized carbons (Fsp3) is 0.471. The van der Waals surface area contributed by atoms with Gasteiger partial charge in [0.05, 0.1) is 11.8 Å². The van der Waals surface area contributed by atoms with Crippen LogP contribution in [0.5, 0.6) is 0 Å². The van der Waals surface area contributed by atoms with Gasteiger partial charge >= 0.3 is 0 Å². The number of aliphatic hydroxyl groups excluding tert-OH is 1. The number of aliphatic hydroxyl groups is 1. The quantitative estimate of drug-likeness (QED) is 0.931. The summed E-state index contributed by atoms with van der Waals surface area (Å²) in [7, 11) is 1.92. The predicted molar refractivity (Wildman–Crippen MR) is 82.0 cm³/mol. The van der Waals surface area contributed by atoms with Gasteiger partial charge in [-0.15, -0.1) is 0 Å². The molecule has 0 fully saturated rings. The second-order valence-corrected chi connectivity index (χ2v) is 5.81. The van der Waals surface area contributed by atoms with Gasteiger partial charge in [0.2, 0.25) is 0 Å². The Bertz CT molecular complexity index is 618. The van der Waals surface area contributed by atoms with Crippen LogP contribution in [0.25, 0.3) is 0 Å². The summed E-state index contributed by atoms with van der Waals surface area (Å²) in [5.74, 6) is 0. The lowest BCUT2D eigenvalue weighted by Crippen LogP contribution is -2.07. The van der Waals surface area contributed by atoms with Gasteiger partial charge in [0, 0.05) is 24.7 Å². The Morgan fingerprint density at radius 2 is 1.65 bits per heavy atom. The summed E-state index contributed by atoms with van der Waals surface area (Å²) in [5, 5.41) is 15.0. The Kier molecular flexibility index (Phi) is 4.00. The van der Waals surface area contributed by atoms with Crippen molar-refractivity contribution in [3.05, 3.63) is 51.3 Å². The van der Waals surface area contributed by atoms with Gasteiger partial charge in [-0.05, 0) is 51.3 Å². The van der Waals surface area contributed by atoms with E-state index < -0.39 is 6.10 Å². The molecule has 108 valence electrons. The molecule has 0 aliphatic rings. The number of hydrogen-bond acceptors (Lipinski definition) is 2. The molecule has 2 aromatic rings. The Labute approximate surface area is 121 Å². The highest BCUT2D eigenvalue weighted by molar-refractivity contribution is 5.39. The SMILES string of the molecule is Cc1cc(C)c(CC(O)c2c(C)nn(C)c2C)c(C)c1. The Morgan fingerprint density at radius 1 is 1.10 bits per heavy atom. The largest absolute Gasteiger partial charge is 0.388 e. The van der Waals surface area contributed by atoms with Crippen molar-refractivity contribution < 1.29 is 5.11 Å². The lowest BCUT2D eigenvalue weighted by molar-refractivity contribution is 0.176. The monoisotopic (exact) mass is 272 g/mol.